The van der Waals surface area contributed by atoms with Crippen molar-refractivity contribution in [1.82, 2.24) is 9.27 Å². The van der Waals surface area contributed by atoms with Gasteiger partial charge in [0.1, 0.15) is 0 Å². The number of aromatic nitrogens is 1. The van der Waals surface area contributed by atoms with Gasteiger partial charge in [0.15, 0.2) is 0 Å². The van der Waals surface area contributed by atoms with Crippen LogP contribution in [-0.4, -0.2) is 53.7 Å². The first-order valence-electron chi connectivity index (χ1n) is 6.11. The van der Waals surface area contributed by atoms with Gasteiger partial charge >= 0.3 is 0 Å². The van der Waals surface area contributed by atoms with E-state index in [0.29, 0.717) is 38.5 Å². The van der Waals surface area contributed by atoms with E-state index in [4.69, 9.17) is 9.47 Å². The molecule has 1 amide bonds. The van der Waals surface area contributed by atoms with E-state index in [9.17, 15) is 4.79 Å². The zero-order valence-corrected chi connectivity index (χ0v) is 11.2. The molecule has 0 aliphatic carbocycles. The Balaban J connectivity index is 1.89. The van der Waals surface area contributed by atoms with Crippen LogP contribution in [0.1, 0.15) is 22.5 Å². The van der Waals surface area contributed by atoms with E-state index in [1.807, 2.05) is 17.2 Å². The topological polar surface area (TPSA) is 51.7 Å². The fraction of sp³-hybridized carbons (Fsp3) is 0.667. The van der Waals surface area contributed by atoms with Gasteiger partial charge < -0.3 is 14.4 Å². The maximum absolute atomic E-state index is 12.6. The van der Waals surface area contributed by atoms with Crippen molar-refractivity contribution >= 4 is 17.4 Å². The highest BCUT2D eigenvalue weighted by atomic mass is 32.1. The monoisotopic (exact) mass is 268 g/mol. The second-order valence-electron chi connectivity index (χ2n) is 4.85. The van der Waals surface area contributed by atoms with Crippen LogP contribution in [0.4, 0.5) is 0 Å². The lowest BCUT2D eigenvalue weighted by Gasteiger charge is -2.43. The van der Waals surface area contributed by atoms with Crippen LogP contribution < -0.4 is 0 Å². The normalized spacial score (nSPS) is 27.9. The van der Waals surface area contributed by atoms with E-state index >= 15 is 0 Å². The van der Waals surface area contributed by atoms with Gasteiger partial charge in [0.2, 0.25) is 0 Å². The molecule has 2 aliphatic rings. The Hall–Kier alpha value is -0.980. The number of rotatable bonds is 1. The van der Waals surface area contributed by atoms with Crippen molar-refractivity contribution in [2.75, 3.05) is 33.0 Å². The molecule has 2 aliphatic heterocycles. The van der Waals surface area contributed by atoms with Gasteiger partial charge in [-0.05, 0) is 24.9 Å². The van der Waals surface area contributed by atoms with E-state index in [2.05, 4.69) is 4.37 Å². The minimum absolute atomic E-state index is 0.0649. The first kappa shape index (κ1) is 12.1. The van der Waals surface area contributed by atoms with Crippen LogP contribution in [0.25, 0.3) is 0 Å². The van der Waals surface area contributed by atoms with Crippen molar-refractivity contribution in [3.05, 3.63) is 16.6 Å². The molecule has 2 fully saturated rings. The second kappa shape index (κ2) is 4.60. The third-order valence-electron chi connectivity index (χ3n) is 3.71. The Morgan fingerprint density at radius 1 is 1.44 bits per heavy atom. The predicted molar refractivity (Wildman–Crippen MR) is 66.9 cm³/mol. The number of hydrogen-bond acceptors (Lipinski definition) is 5. The summed E-state index contributed by atoms with van der Waals surface area (Å²) in [5, 5.41) is 1.83. The average Bonchev–Trinajstić information content (AvgIpc) is 2.99. The first-order chi connectivity index (χ1) is 8.73. The predicted octanol–water partition coefficient (Wildman–Crippen LogP) is 1.08. The number of carbonyl (C=O) groups excluding carboxylic acids is 1. The fourth-order valence-corrected chi connectivity index (χ4v) is 3.30. The molecule has 6 heteroatoms. The third kappa shape index (κ3) is 1.84. The number of amides is 1. The Labute approximate surface area is 110 Å². The Bertz CT molecular complexity index is 454. The standard InChI is InChI=1S/C12H16N2O3S/c1-9-10(6-18-13-9)11(15)14-3-5-17-8-12(14)2-4-16-7-12/h6H,2-5,7-8H2,1H3/t12-/m0/s1. The summed E-state index contributed by atoms with van der Waals surface area (Å²) >= 11 is 1.33. The fourth-order valence-electron chi connectivity index (χ4n) is 2.62. The van der Waals surface area contributed by atoms with Crippen molar-refractivity contribution in [3.63, 3.8) is 0 Å². The zero-order chi connectivity index (χ0) is 12.6. The summed E-state index contributed by atoms with van der Waals surface area (Å²) in [5.41, 5.74) is 1.27. The van der Waals surface area contributed by atoms with Crippen LogP contribution in [-0.2, 0) is 9.47 Å². The summed E-state index contributed by atoms with van der Waals surface area (Å²) < 4.78 is 15.2. The minimum atomic E-state index is -0.260. The molecule has 0 saturated carbocycles. The summed E-state index contributed by atoms with van der Waals surface area (Å²) in [4.78, 5) is 14.6. The number of aryl methyl sites for hydroxylation is 1. The molecule has 1 atom stereocenters. The van der Waals surface area contributed by atoms with E-state index in [1.165, 1.54) is 11.5 Å². The molecule has 1 spiro atoms. The Kier molecular flexibility index (Phi) is 3.09. The number of carbonyl (C=O) groups is 1. The molecular formula is C12H16N2O3S. The molecule has 0 radical (unpaired) electrons. The van der Waals surface area contributed by atoms with Gasteiger partial charge in [-0.25, -0.2) is 0 Å². The third-order valence-corrected chi connectivity index (χ3v) is 4.43. The molecule has 1 aromatic heterocycles. The van der Waals surface area contributed by atoms with E-state index in [0.717, 1.165) is 12.1 Å². The maximum Gasteiger partial charge on any atom is 0.257 e. The quantitative estimate of drug-likeness (QED) is 0.765. The minimum Gasteiger partial charge on any atom is -0.379 e. The summed E-state index contributed by atoms with van der Waals surface area (Å²) in [6.45, 7) is 4.97. The number of nitrogens with zero attached hydrogens (tertiary/aromatic N) is 2. The molecule has 1 aromatic rings. The van der Waals surface area contributed by atoms with Crippen molar-refractivity contribution < 1.29 is 14.3 Å². The Morgan fingerprint density at radius 3 is 2.89 bits per heavy atom. The van der Waals surface area contributed by atoms with E-state index in [1.54, 1.807) is 0 Å². The van der Waals surface area contributed by atoms with E-state index < -0.39 is 0 Å². The molecular weight excluding hydrogens is 252 g/mol. The van der Waals surface area contributed by atoms with E-state index in [-0.39, 0.29) is 11.4 Å². The molecule has 3 rings (SSSR count). The highest BCUT2D eigenvalue weighted by molar-refractivity contribution is 7.03. The van der Waals surface area contributed by atoms with Gasteiger partial charge in [-0.2, -0.15) is 4.37 Å². The highest BCUT2D eigenvalue weighted by Gasteiger charge is 2.46. The number of ether oxygens (including phenoxy) is 2. The lowest BCUT2D eigenvalue weighted by atomic mass is 9.95. The van der Waals surface area contributed by atoms with Gasteiger partial charge in [0.25, 0.3) is 5.91 Å². The summed E-state index contributed by atoms with van der Waals surface area (Å²) in [7, 11) is 0. The second-order valence-corrected chi connectivity index (χ2v) is 5.48. The van der Waals surface area contributed by atoms with Crippen LogP contribution in [0.5, 0.6) is 0 Å². The van der Waals surface area contributed by atoms with Crippen molar-refractivity contribution in [2.45, 2.75) is 18.9 Å². The molecule has 0 aromatic carbocycles. The molecule has 0 N–H and O–H groups in total. The van der Waals surface area contributed by atoms with Gasteiger partial charge in [-0.15, -0.1) is 0 Å². The SMILES string of the molecule is Cc1nscc1C(=O)N1CCOC[C@@]12CCOC2. The molecule has 5 nitrogen and oxygen atoms in total. The average molecular weight is 268 g/mol. The summed E-state index contributed by atoms with van der Waals surface area (Å²) in [5.74, 6) is 0.0649. The largest absolute Gasteiger partial charge is 0.379 e. The van der Waals surface area contributed by atoms with Crippen LogP contribution >= 0.6 is 11.5 Å². The molecule has 3 heterocycles. The molecule has 0 bridgehead atoms. The Morgan fingerprint density at radius 2 is 2.22 bits per heavy atom. The summed E-state index contributed by atoms with van der Waals surface area (Å²) in [6.07, 6.45) is 0.857. The van der Waals surface area contributed by atoms with Crippen molar-refractivity contribution in [1.29, 1.82) is 0 Å². The van der Waals surface area contributed by atoms with Crippen molar-refractivity contribution in [3.8, 4) is 0 Å². The van der Waals surface area contributed by atoms with Crippen LogP contribution in [0, 0.1) is 6.92 Å². The van der Waals surface area contributed by atoms with Crippen molar-refractivity contribution in [2.24, 2.45) is 0 Å². The van der Waals surface area contributed by atoms with Crippen LogP contribution in [0.2, 0.25) is 0 Å². The molecule has 98 valence electrons. The lowest BCUT2D eigenvalue weighted by molar-refractivity contribution is -0.0551. The van der Waals surface area contributed by atoms with Gasteiger partial charge in [0, 0.05) is 18.5 Å². The highest BCUT2D eigenvalue weighted by Crippen LogP contribution is 2.31. The van der Waals surface area contributed by atoms with Gasteiger partial charge in [0.05, 0.1) is 36.6 Å². The van der Waals surface area contributed by atoms with Gasteiger partial charge in [-0.3, -0.25) is 4.79 Å². The molecule has 0 unspecified atom stereocenters. The molecule has 2 saturated heterocycles. The number of morpholine rings is 1. The molecule has 18 heavy (non-hydrogen) atoms. The smallest absolute Gasteiger partial charge is 0.257 e. The van der Waals surface area contributed by atoms with Crippen LogP contribution in [0.3, 0.4) is 0 Å². The van der Waals surface area contributed by atoms with Gasteiger partial charge in [-0.1, -0.05) is 0 Å². The zero-order valence-electron chi connectivity index (χ0n) is 10.3. The number of hydrogen-bond donors (Lipinski definition) is 0. The summed E-state index contributed by atoms with van der Waals surface area (Å²) in [6, 6.07) is 0. The first-order valence-corrected chi connectivity index (χ1v) is 6.95. The van der Waals surface area contributed by atoms with Crippen LogP contribution in [0.15, 0.2) is 5.38 Å². The maximum atomic E-state index is 12.6. The lowest BCUT2D eigenvalue weighted by Crippen LogP contribution is -2.59.